The molecule has 0 atom stereocenters. The first-order valence-electron chi connectivity index (χ1n) is 12.0. The zero-order valence-corrected chi connectivity index (χ0v) is 20.7. The van der Waals surface area contributed by atoms with Crippen molar-refractivity contribution < 1.29 is 18.4 Å². The highest BCUT2D eigenvalue weighted by atomic mass is 19.3. The third-order valence-electron chi connectivity index (χ3n) is 6.18. The molecule has 0 radical (unpaired) electrons. The second kappa shape index (κ2) is 10.0. The highest BCUT2D eigenvalue weighted by Gasteiger charge is 2.30. The quantitative estimate of drug-likeness (QED) is 0.331. The molecule has 0 aliphatic heterocycles. The molecule has 192 valence electrons. The lowest BCUT2D eigenvalue weighted by molar-refractivity contribution is -0.117. The van der Waals surface area contributed by atoms with Crippen LogP contribution >= 0.6 is 0 Å². The number of aryl methyl sites for hydroxylation is 1. The van der Waals surface area contributed by atoms with Crippen LogP contribution in [0.2, 0.25) is 0 Å². The van der Waals surface area contributed by atoms with Crippen LogP contribution < -0.4 is 10.6 Å². The van der Waals surface area contributed by atoms with Gasteiger partial charge in [0.25, 0.3) is 11.8 Å². The summed E-state index contributed by atoms with van der Waals surface area (Å²) in [5.41, 5.74) is 3.98. The van der Waals surface area contributed by atoms with Gasteiger partial charge in [-0.25, -0.2) is 9.97 Å². The zero-order chi connectivity index (χ0) is 26.9. The van der Waals surface area contributed by atoms with Gasteiger partial charge in [-0.1, -0.05) is 6.07 Å². The highest BCUT2D eigenvalue weighted by molar-refractivity contribution is 6.04. The number of amides is 2. The molecular formula is C28H24F2N6O2. The molecule has 10 heteroatoms. The van der Waals surface area contributed by atoms with Crippen LogP contribution in [0.15, 0.2) is 67.4 Å². The van der Waals surface area contributed by atoms with E-state index in [4.69, 9.17) is 0 Å². The van der Waals surface area contributed by atoms with Crippen LogP contribution in [0.1, 0.15) is 41.4 Å². The van der Waals surface area contributed by atoms with Crippen LogP contribution in [0.25, 0.3) is 22.4 Å². The summed E-state index contributed by atoms with van der Waals surface area (Å²) in [7, 11) is 0. The maximum absolute atomic E-state index is 13.7. The lowest BCUT2D eigenvalue weighted by Gasteiger charge is -2.13. The number of hydrogen-bond donors (Lipinski definition) is 2. The van der Waals surface area contributed by atoms with Gasteiger partial charge in [0.15, 0.2) is 0 Å². The predicted molar refractivity (Wildman–Crippen MR) is 139 cm³/mol. The number of anilines is 2. The van der Waals surface area contributed by atoms with Gasteiger partial charge in [0.2, 0.25) is 5.91 Å². The van der Waals surface area contributed by atoms with Gasteiger partial charge in [-0.2, -0.15) is 8.78 Å². The average Bonchev–Trinajstić information content (AvgIpc) is 3.75. The average molecular weight is 515 g/mol. The van der Waals surface area contributed by atoms with Gasteiger partial charge in [-0.15, -0.1) is 0 Å². The molecule has 3 heterocycles. The van der Waals surface area contributed by atoms with E-state index in [0.717, 1.165) is 48.1 Å². The number of nitrogens with one attached hydrogen (secondary N) is 2. The van der Waals surface area contributed by atoms with Crippen LogP contribution in [0.5, 0.6) is 0 Å². The summed E-state index contributed by atoms with van der Waals surface area (Å²) in [6, 6.07) is 11.5. The van der Waals surface area contributed by atoms with Crippen molar-refractivity contribution >= 4 is 23.3 Å². The molecule has 8 nitrogen and oxygen atoms in total. The summed E-state index contributed by atoms with van der Waals surface area (Å²) in [6.45, 7) is 2.67. The van der Waals surface area contributed by atoms with Gasteiger partial charge < -0.3 is 10.6 Å². The van der Waals surface area contributed by atoms with Crippen molar-refractivity contribution in [3.8, 4) is 22.4 Å². The third kappa shape index (κ3) is 5.69. The molecule has 1 aromatic carbocycles. The van der Waals surface area contributed by atoms with E-state index in [0.29, 0.717) is 17.2 Å². The lowest BCUT2D eigenvalue weighted by atomic mass is 9.99. The van der Waals surface area contributed by atoms with Crippen molar-refractivity contribution in [3.63, 3.8) is 0 Å². The minimum Gasteiger partial charge on any atom is -0.322 e. The molecule has 4 aromatic rings. The molecular weight excluding hydrogens is 490 g/mol. The van der Waals surface area contributed by atoms with Crippen LogP contribution in [-0.4, -0.2) is 31.8 Å². The number of aromatic nitrogens is 4. The monoisotopic (exact) mass is 514 g/mol. The van der Waals surface area contributed by atoms with Crippen molar-refractivity contribution in [2.45, 2.75) is 32.6 Å². The lowest BCUT2D eigenvalue weighted by Crippen LogP contribution is -2.15. The first-order chi connectivity index (χ1) is 18.2. The molecule has 2 amide bonds. The summed E-state index contributed by atoms with van der Waals surface area (Å²) >= 11 is 0. The Bertz CT molecular complexity index is 1530. The number of carbonyl (C=O) groups excluding carboxylic acids is 2. The Hall–Kier alpha value is -4.60. The fraction of sp³-hybridized carbons (Fsp3) is 0.214. The molecule has 1 saturated carbocycles. The first kappa shape index (κ1) is 25.1. The number of halogens is 2. The fourth-order valence-corrected chi connectivity index (χ4v) is 3.91. The van der Waals surface area contributed by atoms with E-state index in [9.17, 15) is 18.4 Å². The molecule has 1 aliphatic rings. The number of rotatable bonds is 7. The largest absolute Gasteiger partial charge is 0.322 e. The minimum atomic E-state index is -3.15. The summed E-state index contributed by atoms with van der Waals surface area (Å²) in [6.07, 6.45) is 7.75. The Morgan fingerprint density at radius 1 is 0.947 bits per heavy atom. The number of hydrogen-bond acceptors (Lipinski definition) is 6. The number of benzene rings is 1. The van der Waals surface area contributed by atoms with Crippen molar-refractivity contribution in [2.24, 2.45) is 5.92 Å². The topological polar surface area (TPSA) is 110 Å². The maximum atomic E-state index is 13.7. The summed E-state index contributed by atoms with van der Waals surface area (Å²) in [5, 5.41) is 5.59. The molecule has 5 rings (SSSR count). The molecule has 3 aromatic heterocycles. The Kier molecular flexibility index (Phi) is 6.62. The second-order valence-electron chi connectivity index (χ2n) is 9.32. The highest BCUT2D eigenvalue weighted by Crippen LogP contribution is 2.32. The smallest absolute Gasteiger partial charge is 0.286 e. The predicted octanol–water partition coefficient (Wildman–Crippen LogP) is 5.62. The number of pyridine rings is 2. The van der Waals surface area contributed by atoms with Crippen LogP contribution in [0.4, 0.5) is 20.3 Å². The van der Waals surface area contributed by atoms with Crippen molar-refractivity contribution in [2.75, 3.05) is 10.6 Å². The summed E-state index contributed by atoms with van der Waals surface area (Å²) in [5.74, 6) is -3.23. The Labute approximate surface area is 217 Å². The molecule has 1 fully saturated rings. The van der Waals surface area contributed by atoms with E-state index in [-0.39, 0.29) is 17.4 Å². The fourth-order valence-electron chi connectivity index (χ4n) is 3.91. The van der Waals surface area contributed by atoms with Crippen molar-refractivity contribution in [1.82, 2.24) is 19.9 Å². The Morgan fingerprint density at radius 2 is 1.74 bits per heavy atom. The maximum Gasteiger partial charge on any atom is 0.286 e. The standard InChI is InChI=1S/C28H24F2N6O2/c1-16-3-6-21(35-27(38)18-7-8-32-24(10-18)28(2,29)30)11-22(16)19-9-20(14-31-13-19)23-12-25(34-15-33-23)36-26(37)17-4-5-17/h3,6-15,17H,4-5H2,1-2H3,(H,35,38)(H,33,34,36,37). The number of alkyl halides is 2. The normalized spacial score (nSPS) is 13.2. The van der Waals surface area contributed by atoms with Gasteiger partial charge in [-0.3, -0.25) is 19.6 Å². The summed E-state index contributed by atoms with van der Waals surface area (Å²) in [4.78, 5) is 41.4. The van der Waals surface area contributed by atoms with Crippen LogP contribution in [0, 0.1) is 12.8 Å². The Morgan fingerprint density at radius 3 is 2.50 bits per heavy atom. The molecule has 38 heavy (non-hydrogen) atoms. The zero-order valence-electron chi connectivity index (χ0n) is 20.7. The third-order valence-corrected chi connectivity index (χ3v) is 6.18. The van der Waals surface area contributed by atoms with E-state index < -0.39 is 17.5 Å². The van der Waals surface area contributed by atoms with E-state index in [1.54, 1.807) is 30.6 Å². The van der Waals surface area contributed by atoms with E-state index in [2.05, 4.69) is 30.6 Å². The SMILES string of the molecule is Cc1ccc(NC(=O)c2ccnc(C(C)(F)F)c2)cc1-c1cncc(-c2cc(NC(=O)C3CC3)ncn2)c1. The first-order valence-corrected chi connectivity index (χ1v) is 12.0. The van der Waals surface area contributed by atoms with E-state index >= 15 is 0 Å². The van der Waals surface area contributed by atoms with E-state index in [1.807, 2.05) is 19.1 Å². The van der Waals surface area contributed by atoms with Gasteiger partial charge >= 0.3 is 0 Å². The van der Waals surface area contributed by atoms with E-state index in [1.165, 1.54) is 18.6 Å². The second-order valence-corrected chi connectivity index (χ2v) is 9.32. The molecule has 1 aliphatic carbocycles. The van der Waals surface area contributed by atoms with Crippen LogP contribution in [-0.2, 0) is 10.7 Å². The molecule has 0 spiro atoms. The minimum absolute atomic E-state index is 0.0394. The van der Waals surface area contributed by atoms with Crippen molar-refractivity contribution in [1.29, 1.82) is 0 Å². The summed E-state index contributed by atoms with van der Waals surface area (Å²) < 4.78 is 27.3. The van der Waals surface area contributed by atoms with Gasteiger partial charge in [-0.05, 0) is 61.2 Å². The molecule has 0 saturated heterocycles. The molecule has 0 unspecified atom stereocenters. The van der Waals surface area contributed by atoms with Crippen molar-refractivity contribution in [3.05, 3.63) is 84.2 Å². The van der Waals surface area contributed by atoms with Gasteiger partial charge in [0.1, 0.15) is 17.8 Å². The number of nitrogens with zero attached hydrogens (tertiary/aromatic N) is 4. The molecule has 2 N–H and O–H groups in total. The molecule has 0 bridgehead atoms. The Balaban J connectivity index is 1.38. The van der Waals surface area contributed by atoms with Gasteiger partial charge in [0, 0.05) is 59.9 Å². The van der Waals surface area contributed by atoms with Crippen LogP contribution in [0.3, 0.4) is 0 Å². The van der Waals surface area contributed by atoms with Gasteiger partial charge in [0.05, 0.1) is 5.69 Å². The number of carbonyl (C=O) groups is 2.